The Morgan fingerprint density at radius 2 is 1.89 bits per heavy atom. The fourth-order valence-electron chi connectivity index (χ4n) is 5.08. The first-order chi connectivity index (χ1) is 18.1. The van der Waals surface area contributed by atoms with Crippen LogP contribution in [0.2, 0.25) is 0 Å². The Morgan fingerprint density at radius 1 is 1.11 bits per heavy atom. The maximum Gasteiger partial charge on any atom is 0.329 e. The van der Waals surface area contributed by atoms with Gasteiger partial charge in [0.1, 0.15) is 30.4 Å². The number of hydrogen-bond acceptors (Lipinski definition) is 8. The van der Waals surface area contributed by atoms with Crippen LogP contribution >= 0.6 is 0 Å². The van der Waals surface area contributed by atoms with Gasteiger partial charge < -0.3 is 24.1 Å². The monoisotopic (exact) mass is 525 g/mol. The second kappa shape index (κ2) is 11.8. The summed E-state index contributed by atoms with van der Waals surface area (Å²) in [6.07, 6.45) is 10.4. The van der Waals surface area contributed by atoms with E-state index in [9.17, 15) is 19.2 Å². The summed E-state index contributed by atoms with van der Waals surface area (Å²) in [6.45, 7) is 8.36. The minimum Gasteiger partial charge on any atom is -0.460 e. The highest BCUT2D eigenvalue weighted by Gasteiger charge is 2.41. The third-order valence-corrected chi connectivity index (χ3v) is 7.05. The van der Waals surface area contributed by atoms with Crippen LogP contribution in [0.5, 0.6) is 0 Å². The van der Waals surface area contributed by atoms with Gasteiger partial charge in [-0.2, -0.15) is 0 Å². The van der Waals surface area contributed by atoms with Gasteiger partial charge in [-0.1, -0.05) is 44.6 Å². The number of aromatic nitrogens is 1. The van der Waals surface area contributed by atoms with Crippen molar-refractivity contribution < 1.29 is 33.1 Å². The van der Waals surface area contributed by atoms with E-state index in [4.69, 9.17) is 13.9 Å². The van der Waals surface area contributed by atoms with Crippen LogP contribution in [0, 0.1) is 11.8 Å². The summed E-state index contributed by atoms with van der Waals surface area (Å²) < 4.78 is 16.9. The molecule has 3 aliphatic rings. The maximum atomic E-state index is 13.3. The van der Waals surface area contributed by atoms with Crippen LogP contribution in [-0.4, -0.2) is 65.0 Å². The third-order valence-electron chi connectivity index (χ3n) is 7.05. The van der Waals surface area contributed by atoms with Gasteiger partial charge in [0.2, 0.25) is 11.8 Å². The predicted octanol–water partition coefficient (Wildman–Crippen LogP) is 3.07. The molecule has 0 saturated carbocycles. The van der Waals surface area contributed by atoms with E-state index < -0.39 is 42.0 Å². The van der Waals surface area contributed by atoms with Crippen LogP contribution in [0.1, 0.15) is 69.3 Å². The molecular formula is C28H35N3O7. The fourth-order valence-corrected chi connectivity index (χ4v) is 5.08. The van der Waals surface area contributed by atoms with Crippen molar-refractivity contribution in [3.8, 4) is 0 Å². The van der Waals surface area contributed by atoms with E-state index in [2.05, 4.69) is 10.3 Å². The number of cyclic esters (lactones) is 1. The van der Waals surface area contributed by atoms with Gasteiger partial charge in [0.15, 0.2) is 5.69 Å². The van der Waals surface area contributed by atoms with Crippen LogP contribution in [-0.2, 0) is 23.9 Å². The van der Waals surface area contributed by atoms with Crippen molar-refractivity contribution in [3.05, 3.63) is 53.8 Å². The normalized spacial score (nSPS) is 32.3. The number of nitrogens with zero attached hydrogens (tertiary/aromatic N) is 2. The van der Waals surface area contributed by atoms with Gasteiger partial charge in [0, 0.05) is 25.4 Å². The smallest absolute Gasteiger partial charge is 0.329 e. The molecule has 204 valence electrons. The quantitative estimate of drug-likeness (QED) is 0.554. The van der Waals surface area contributed by atoms with Crippen molar-refractivity contribution in [2.24, 2.45) is 11.8 Å². The number of carbonyl (C=O) groups is 4. The minimum atomic E-state index is -0.748. The molecule has 1 N–H and O–H groups in total. The average molecular weight is 526 g/mol. The Balaban J connectivity index is 1.62. The molecule has 3 aliphatic heterocycles. The highest BCUT2D eigenvalue weighted by molar-refractivity contribution is 5.95. The number of fused-ring (bicyclic) bond motifs is 6. The first kappa shape index (κ1) is 27.3. The fraction of sp³-hybridized carbons (Fsp3) is 0.536. The Bertz CT molecular complexity index is 1160. The summed E-state index contributed by atoms with van der Waals surface area (Å²) in [6, 6.07) is -0.748. The van der Waals surface area contributed by atoms with E-state index in [1.807, 2.05) is 39.8 Å². The molecule has 4 heterocycles. The van der Waals surface area contributed by atoms with Crippen LogP contribution in [0.25, 0.3) is 0 Å². The standard InChI is InChI=1S/C28H35N3O7/c1-16(2)24-18(4)9-10-23(32)29-11-5-7-17(3)13-19-14-20(27(34)37-19)25-30-21(15-36-25)26(33)31-12-6-8-22(31)28(35)38-24/h5,7,9-10,13,15-16,18-20,22,24H,6,8,11-12,14H2,1-4H3,(H,29,32)/b7-5+,10-9+,17-13+/t18-,19-,20?,22-,24-/m1/s1. The van der Waals surface area contributed by atoms with Crippen molar-refractivity contribution in [3.63, 3.8) is 0 Å². The summed E-state index contributed by atoms with van der Waals surface area (Å²) in [4.78, 5) is 57.1. The van der Waals surface area contributed by atoms with Crippen molar-refractivity contribution >= 4 is 23.8 Å². The first-order valence-electron chi connectivity index (χ1n) is 13.1. The molecule has 1 aromatic heterocycles. The molecule has 2 fully saturated rings. The summed E-state index contributed by atoms with van der Waals surface area (Å²) in [5.41, 5.74) is 0.907. The van der Waals surface area contributed by atoms with Gasteiger partial charge in [0.25, 0.3) is 5.91 Å². The highest BCUT2D eigenvalue weighted by Crippen LogP contribution is 2.32. The molecule has 5 atom stereocenters. The highest BCUT2D eigenvalue weighted by atomic mass is 16.6. The number of oxazole rings is 1. The predicted molar refractivity (Wildman–Crippen MR) is 137 cm³/mol. The van der Waals surface area contributed by atoms with Crippen LogP contribution < -0.4 is 5.32 Å². The molecular weight excluding hydrogens is 490 g/mol. The molecule has 38 heavy (non-hydrogen) atoms. The first-order valence-corrected chi connectivity index (χ1v) is 13.1. The second-order valence-electron chi connectivity index (χ2n) is 10.4. The molecule has 2 saturated heterocycles. The van der Waals surface area contributed by atoms with E-state index in [0.717, 1.165) is 5.57 Å². The largest absolute Gasteiger partial charge is 0.460 e. The summed E-state index contributed by atoms with van der Waals surface area (Å²) in [5.74, 6) is -2.52. The van der Waals surface area contributed by atoms with E-state index in [1.165, 1.54) is 17.2 Å². The topological polar surface area (TPSA) is 128 Å². The SMILES string of the molecule is CC1=C\[C@@H]2CC(C(=O)O2)c2nc(co2)C(=O)N2CCC[C@@H]2C(=O)O[C@H](C(C)C)[C@H](C)/C=C/C(=O)NC\C=C\1. The zero-order valence-electron chi connectivity index (χ0n) is 22.2. The number of esters is 2. The average Bonchev–Trinajstić information content (AvgIpc) is 3.62. The number of amides is 2. The lowest BCUT2D eigenvalue weighted by atomic mass is 9.94. The van der Waals surface area contributed by atoms with E-state index >= 15 is 0 Å². The molecule has 0 spiro atoms. The van der Waals surface area contributed by atoms with Gasteiger partial charge in [-0.3, -0.25) is 14.4 Å². The lowest BCUT2D eigenvalue weighted by molar-refractivity contribution is -0.158. The summed E-state index contributed by atoms with van der Waals surface area (Å²) >= 11 is 0. The van der Waals surface area contributed by atoms with Crippen LogP contribution in [0.4, 0.5) is 0 Å². The summed E-state index contributed by atoms with van der Waals surface area (Å²) in [7, 11) is 0. The molecule has 2 amide bonds. The number of allylic oxidation sites excluding steroid dienone is 2. The summed E-state index contributed by atoms with van der Waals surface area (Å²) in [5, 5.41) is 2.79. The van der Waals surface area contributed by atoms with Crippen LogP contribution in [0.15, 0.2) is 46.6 Å². The minimum absolute atomic E-state index is 0.0106. The van der Waals surface area contributed by atoms with Gasteiger partial charge in [-0.25, -0.2) is 9.78 Å². The Kier molecular flexibility index (Phi) is 8.48. The van der Waals surface area contributed by atoms with Crippen molar-refractivity contribution in [2.45, 2.75) is 71.1 Å². The zero-order chi connectivity index (χ0) is 27.4. The molecule has 1 aromatic rings. The van der Waals surface area contributed by atoms with Crippen molar-refractivity contribution in [2.75, 3.05) is 13.1 Å². The lowest BCUT2D eigenvalue weighted by Gasteiger charge is -2.29. The number of carbonyl (C=O) groups excluding carboxylic acids is 4. The maximum absolute atomic E-state index is 13.3. The van der Waals surface area contributed by atoms with Gasteiger partial charge in [-0.05, 0) is 37.8 Å². The van der Waals surface area contributed by atoms with E-state index in [1.54, 1.807) is 12.2 Å². The molecule has 10 heteroatoms. The molecule has 0 aliphatic carbocycles. The Hall–Kier alpha value is -3.69. The zero-order valence-corrected chi connectivity index (χ0v) is 22.2. The van der Waals surface area contributed by atoms with E-state index in [0.29, 0.717) is 32.4 Å². The Morgan fingerprint density at radius 3 is 2.66 bits per heavy atom. The lowest BCUT2D eigenvalue weighted by Crippen LogP contribution is -2.44. The molecule has 4 bridgehead atoms. The van der Waals surface area contributed by atoms with Crippen molar-refractivity contribution in [1.82, 2.24) is 15.2 Å². The van der Waals surface area contributed by atoms with Gasteiger partial charge >= 0.3 is 11.9 Å². The van der Waals surface area contributed by atoms with Crippen LogP contribution in [0.3, 0.4) is 0 Å². The van der Waals surface area contributed by atoms with E-state index in [-0.39, 0.29) is 29.3 Å². The molecule has 1 unspecified atom stereocenters. The number of nitrogens with one attached hydrogen (secondary N) is 1. The molecule has 4 rings (SSSR count). The van der Waals surface area contributed by atoms with Gasteiger partial charge in [-0.15, -0.1) is 0 Å². The molecule has 0 radical (unpaired) electrons. The van der Waals surface area contributed by atoms with Gasteiger partial charge in [0.05, 0.1) is 0 Å². The molecule has 10 nitrogen and oxygen atoms in total. The third kappa shape index (κ3) is 6.23. The second-order valence-corrected chi connectivity index (χ2v) is 10.4. The number of hydrogen-bond donors (Lipinski definition) is 1. The number of ether oxygens (including phenoxy) is 2. The number of rotatable bonds is 1. The Labute approximate surface area is 222 Å². The van der Waals surface area contributed by atoms with Crippen molar-refractivity contribution in [1.29, 1.82) is 0 Å². The molecule has 0 aromatic carbocycles.